The maximum absolute atomic E-state index is 14.4. The number of unbranched alkanes of at least 4 members (excludes halogenated alkanes) is 3. The molecule has 2 aliphatic heterocycles. The molecular weight excluding hydrogens is 533 g/mol. The topological polar surface area (TPSA) is 61.2 Å². The summed E-state index contributed by atoms with van der Waals surface area (Å²) in [6.07, 6.45) is 7.54. The van der Waals surface area contributed by atoms with E-state index in [1.807, 2.05) is 30.0 Å². The smallest absolute Gasteiger partial charge is 0.267 e. The first-order chi connectivity index (χ1) is 18.9. The Kier molecular flexibility index (Phi) is 8.32. The molecule has 5 rings (SSSR count). The number of rotatable bonds is 8. The zero-order chi connectivity index (χ0) is 27.5. The van der Waals surface area contributed by atoms with Crippen molar-refractivity contribution in [2.75, 3.05) is 42.5 Å². The molecule has 0 unspecified atom stereocenters. The van der Waals surface area contributed by atoms with E-state index in [2.05, 4.69) is 11.8 Å². The maximum atomic E-state index is 14.4. The van der Waals surface area contributed by atoms with Crippen LogP contribution in [0.25, 0.3) is 11.7 Å². The highest BCUT2D eigenvalue weighted by Gasteiger charge is 2.33. The first-order valence-corrected chi connectivity index (χ1v) is 14.6. The lowest BCUT2D eigenvalue weighted by Gasteiger charge is -2.37. The summed E-state index contributed by atoms with van der Waals surface area (Å²) in [5.74, 6) is 0.127. The molecule has 10 heteroatoms. The number of piperazine rings is 1. The van der Waals surface area contributed by atoms with Crippen LogP contribution in [0.1, 0.15) is 43.7 Å². The van der Waals surface area contributed by atoms with Gasteiger partial charge in [0.2, 0.25) is 0 Å². The SMILES string of the molecule is CCCCCCN1C(=O)/C(=C/c2c(N3CCN(c4ccccc4F)CC3)nc3c(C)cccn3c2=O)SC1=S. The summed E-state index contributed by atoms with van der Waals surface area (Å²) >= 11 is 6.76. The Morgan fingerprint density at radius 2 is 1.77 bits per heavy atom. The lowest BCUT2D eigenvalue weighted by Crippen LogP contribution is -2.47. The van der Waals surface area contributed by atoms with Crippen LogP contribution in [0.15, 0.2) is 52.3 Å². The van der Waals surface area contributed by atoms with Crippen LogP contribution in [0.2, 0.25) is 0 Å². The lowest BCUT2D eigenvalue weighted by molar-refractivity contribution is -0.122. The lowest BCUT2D eigenvalue weighted by atomic mass is 10.2. The number of carbonyl (C=O) groups is 1. The summed E-state index contributed by atoms with van der Waals surface area (Å²) < 4.78 is 16.5. The second-order valence-electron chi connectivity index (χ2n) is 9.86. The van der Waals surface area contributed by atoms with Crippen molar-refractivity contribution < 1.29 is 9.18 Å². The van der Waals surface area contributed by atoms with Crippen molar-refractivity contribution in [1.82, 2.24) is 14.3 Å². The molecule has 0 aliphatic carbocycles. The Bertz CT molecular complexity index is 1500. The van der Waals surface area contributed by atoms with E-state index >= 15 is 0 Å². The number of thioether (sulfide) groups is 1. The predicted octanol–water partition coefficient (Wildman–Crippen LogP) is 5.25. The number of halogens is 1. The molecule has 2 fully saturated rings. The monoisotopic (exact) mass is 565 g/mol. The van der Waals surface area contributed by atoms with Crippen molar-refractivity contribution in [3.63, 3.8) is 0 Å². The summed E-state index contributed by atoms with van der Waals surface area (Å²) in [6.45, 7) is 6.93. The first kappa shape index (κ1) is 27.3. The van der Waals surface area contributed by atoms with Crippen molar-refractivity contribution >= 4 is 57.4 Å². The van der Waals surface area contributed by atoms with Gasteiger partial charge in [-0.1, -0.05) is 68.4 Å². The normalized spacial score (nSPS) is 17.2. The number of anilines is 2. The molecule has 7 nitrogen and oxygen atoms in total. The predicted molar refractivity (Wildman–Crippen MR) is 161 cm³/mol. The van der Waals surface area contributed by atoms with Crippen LogP contribution < -0.4 is 15.4 Å². The molecule has 3 aromatic rings. The van der Waals surface area contributed by atoms with E-state index < -0.39 is 0 Å². The zero-order valence-electron chi connectivity index (χ0n) is 22.2. The molecule has 0 radical (unpaired) electrons. The zero-order valence-corrected chi connectivity index (χ0v) is 23.9. The van der Waals surface area contributed by atoms with Crippen molar-refractivity contribution in [1.29, 1.82) is 0 Å². The minimum atomic E-state index is -0.249. The van der Waals surface area contributed by atoms with Crippen LogP contribution in [0.4, 0.5) is 15.9 Å². The first-order valence-electron chi connectivity index (χ1n) is 13.4. The molecule has 1 amide bonds. The molecule has 1 aromatic carbocycles. The number of carbonyl (C=O) groups excluding carboxylic acids is 1. The van der Waals surface area contributed by atoms with E-state index in [1.165, 1.54) is 22.2 Å². The van der Waals surface area contributed by atoms with Gasteiger partial charge in [-0.2, -0.15) is 0 Å². The fourth-order valence-electron chi connectivity index (χ4n) is 5.06. The van der Waals surface area contributed by atoms with Crippen molar-refractivity contribution in [3.05, 3.63) is 74.8 Å². The molecule has 204 valence electrons. The molecule has 4 heterocycles. The quantitative estimate of drug-likeness (QED) is 0.210. The highest BCUT2D eigenvalue weighted by Crippen LogP contribution is 2.34. The number of hydrogen-bond acceptors (Lipinski definition) is 7. The Hall–Kier alpha value is -3.24. The standard InChI is InChI=1S/C29H32FN5O2S2/c1-3-4-5-8-13-35-28(37)24(39-29(35)38)19-21-26(31-25-20(2)10-9-14-34(25)27(21)36)33-17-15-32(16-18-33)23-12-7-6-11-22(23)30/h6-7,9-12,14,19H,3-5,8,13,15-18H2,1-2H3/b24-19-. The van der Waals surface area contributed by atoms with Crippen LogP contribution in [-0.2, 0) is 4.79 Å². The third-order valence-electron chi connectivity index (χ3n) is 7.22. The average molecular weight is 566 g/mol. The van der Waals surface area contributed by atoms with E-state index in [4.69, 9.17) is 17.2 Å². The van der Waals surface area contributed by atoms with E-state index in [9.17, 15) is 14.0 Å². The summed E-state index contributed by atoms with van der Waals surface area (Å²) in [5, 5.41) is 0. The van der Waals surface area contributed by atoms with Gasteiger partial charge in [-0.25, -0.2) is 9.37 Å². The molecule has 0 saturated carbocycles. The van der Waals surface area contributed by atoms with Crippen molar-refractivity contribution in [2.45, 2.75) is 39.5 Å². The highest BCUT2D eigenvalue weighted by atomic mass is 32.2. The minimum Gasteiger partial charge on any atom is -0.366 e. The number of aromatic nitrogens is 2. The fourth-order valence-corrected chi connectivity index (χ4v) is 6.35. The summed E-state index contributed by atoms with van der Waals surface area (Å²) in [5.41, 5.74) is 2.16. The average Bonchev–Trinajstić information content (AvgIpc) is 3.20. The number of para-hydroxylation sites is 1. The van der Waals surface area contributed by atoms with Crippen LogP contribution >= 0.6 is 24.0 Å². The third kappa shape index (κ3) is 5.58. The molecule has 0 N–H and O–H groups in total. The van der Waals surface area contributed by atoms with Gasteiger partial charge in [0.25, 0.3) is 11.5 Å². The molecule has 2 aromatic heterocycles. The van der Waals surface area contributed by atoms with Gasteiger partial charge < -0.3 is 9.80 Å². The largest absolute Gasteiger partial charge is 0.366 e. The van der Waals surface area contributed by atoms with E-state index in [1.54, 1.807) is 29.3 Å². The van der Waals surface area contributed by atoms with Crippen molar-refractivity contribution in [2.24, 2.45) is 0 Å². The van der Waals surface area contributed by atoms with Gasteiger partial charge in [-0.05, 0) is 43.2 Å². The summed E-state index contributed by atoms with van der Waals surface area (Å²) in [7, 11) is 0. The third-order valence-corrected chi connectivity index (χ3v) is 8.60. The van der Waals surface area contributed by atoms with Gasteiger partial charge in [0.1, 0.15) is 21.6 Å². The van der Waals surface area contributed by atoms with Crippen LogP contribution in [-0.4, -0.2) is 57.2 Å². The maximum Gasteiger partial charge on any atom is 0.267 e. The number of thiocarbonyl (C=S) groups is 1. The minimum absolute atomic E-state index is 0.162. The molecule has 0 bridgehead atoms. The molecule has 0 spiro atoms. The second-order valence-corrected chi connectivity index (χ2v) is 11.5. The molecule has 2 saturated heterocycles. The molecule has 0 atom stereocenters. The number of nitrogens with zero attached hydrogens (tertiary/aromatic N) is 5. The van der Waals surface area contributed by atoms with Gasteiger partial charge in [-0.3, -0.25) is 18.9 Å². The van der Waals surface area contributed by atoms with Crippen LogP contribution in [0.3, 0.4) is 0 Å². The Morgan fingerprint density at radius 1 is 1.03 bits per heavy atom. The Labute approximate surface area is 237 Å². The molecular formula is C29H32FN5O2S2. The van der Waals surface area contributed by atoms with Crippen LogP contribution in [0.5, 0.6) is 0 Å². The van der Waals surface area contributed by atoms with Gasteiger partial charge in [0.05, 0.1) is 16.2 Å². The second kappa shape index (κ2) is 11.9. The van der Waals surface area contributed by atoms with Crippen molar-refractivity contribution in [3.8, 4) is 0 Å². The Morgan fingerprint density at radius 3 is 2.51 bits per heavy atom. The van der Waals surface area contributed by atoms with E-state index in [-0.39, 0.29) is 17.3 Å². The molecule has 39 heavy (non-hydrogen) atoms. The van der Waals surface area contributed by atoms with E-state index in [0.717, 1.165) is 31.2 Å². The number of pyridine rings is 1. The van der Waals surface area contributed by atoms with Gasteiger partial charge >= 0.3 is 0 Å². The van der Waals surface area contributed by atoms with Gasteiger partial charge in [0.15, 0.2) is 0 Å². The van der Waals surface area contributed by atoms with E-state index in [0.29, 0.717) is 64.7 Å². The highest BCUT2D eigenvalue weighted by molar-refractivity contribution is 8.26. The number of amides is 1. The number of aryl methyl sites for hydroxylation is 1. The summed E-state index contributed by atoms with van der Waals surface area (Å²) in [4.78, 5) is 38.2. The van der Waals surface area contributed by atoms with Crippen LogP contribution in [0, 0.1) is 12.7 Å². The summed E-state index contributed by atoms with van der Waals surface area (Å²) in [6, 6.07) is 10.5. The number of benzene rings is 1. The van der Waals surface area contributed by atoms with Gasteiger partial charge in [-0.15, -0.1) is 0 Å². The molecule has 2 aliphatic rings. The number of fused-ring (bicyclic) bond motifs is 1. The fraction of sp³-hybridized carbons (Fsp3) is 0.379. The van der Waals surface area contributed by atoms with Gasteiger partial charge in [0, 0.05) is 38.9 Å². The Balaban J connectivity index is 1.48. The number of hydrogen-bond donors (Lipinski definition) is 0.